The van der Waals surface area contributed by atoms with Crippen LogP contribution in [0.3, 0.4) is 0 Å². The molecular formula is C15H36O2Si2. The summed E-state index contributed by atoms with van der Waals surface area (Å²) in [6.45, 7) is 15.8. The molecule has 2 nitrogen and oxygen atoms in total. The second-order valence-corrected chi connectivity index (χ2v) is 19.5. The minimum Gasteiger partial charge on any atom is -0.417 e. The fourth-order valence-corrected chi connectivity index (χ4v) is 20.2. The van der Waals surface area contributed by atoms with Gasteiger partial charge in [0, 0.05) is 13.2 Å². The third-order valence-corrected chi connectivity index (χ3v) is 24.3. The van der Waals surface area contributed by atoms with Crippen molar-refractivity contribution in [2.45, 2.75) is 78.6 Å². The van der Waals surface area contributed by atoms with Crippen molar-refractivity contribution in [1.29, 1.82) is 0 Å². The molecule has 0 aromatic heterocycles. The van der Waals surface area contributed by atoms with Gasteiger partial charge in [0.25, 0.3) is 0 Å². The maximum absolute atomic E-state index is 6.59. The van der Waals surface area contributed by atoms with Gasteiger partial charge in [0.05, 0.1) is 13.8 Å². The summed E-state index contributed by atoms with van der Waals surface area (Å²) in [5, 5.41) is 0. The Bertz CT molecular complexity index is 212. The Labute approximate surface area is 123 Å². The van der Waals surface area contributed by atoms with Gasteiger partial charge in [0.15, 0.2) is 0 Å². The van der Waals surface area contributed by atoms with Crippen molar-refractivity contribution in [3.8, 4) is 0 Å². The Kier molecular flexibility index (Phi) is 10.3. The quantitative estimate of drug-likeness (QED) is 0.376. The zero-order chi connectivity index (χ0) is 14.8. The topological polar surface area (TPSA) is 18.5 Å². The molecule has 0 saturated heterocycles. The third-order valence-electron chi connectivity index (χ3n) is 4.83. The Morgan fingerprint density at radius 3 is 1.58 bits per heavy atom. The minimum absolute atomic E-state index is 0.895. The molecule has 116 valence electrons. The molecule has 0 bridgehead atoms. The molecular weight excluding hydrogens is 268 g/mol. The zero-order valence-electron chi connectivity index (χ0n) is 14.2. The average Bonchev–Trinajstić information content (AvgIpc) is 2.46. The lowest BCUT2D eigenvalue weighted by atomic mass is 10.5. The van der Waals surface area contributed by atoms with E-state index < -0.39 is 15.4 Å². The summed E-state index contributed by atoms with van der Waals surface area (Å²) in [7, 11) is -2.98. The van der Waals surface area contributed by atoms with Crippen LogP contribution in [0.25, 0.3) is 0 Å². The van der Waals surface area contributed by atoms with Gasteiger partial charge in [-0.1, -0.05) is 59.7 Å². The maximum atomic E-state index is 6.59. The highest BCUT2D eigenvalue weighted by Gasteiger charge is 2.52. The number of ether oxygens (including phenoxy) is 1. The molecule has 0 radical (unpaired) electrons. The SMILES string of the molecule is CCCOC[Si](CC)(OCCC)[Si](CC)(CC)CC. The van der Waals surface area contributed by atoms with Crippen LogP contribution in [0.1, 0.15) is 54.4 Å². The maximum Gasteiger partial charge on any atom is 0.204 e. The normalized spacial score (nSPS) is 15.5. The van der Waals surface area contributed by atoms with Crippen LogP contribution in [0.5, 0.6) is 0 Å². The molecule has 0 spiro atoms. The summed E-state index contributed by atoms with van der Waals surface area (Å²) in [5.41, 5.74) is 0. The van der Waals surface area contributed by atoms with Gasteiger partial charge < -0.3 is 9.16 Å². The predicted molar refractivity (Wildman–Crippen MR) is 90.8 cm³/mol. The van der Waals surface area contributed by atoms with Gasteiger partial charge in [0.1, 0.15) is 0 Å². The average molecular weight is 305 g/mol. The predicted octanol–water partition coefficient (Wildman–Crippen LogP) is 4.93. The first-order valence-electron chi connectivity index (χ1n) is 8.33. The van der Waals surface area contributed by atoms with Crippen molar-refractivity contribution in [2.75, 3.05) is 19.4 Å². The van der Waals surface area contributed by atoms with Crippen molar-refractivity contribution in [1.82, 2.24) is 0 Å². The van der Waals surface area contributed by atoms with Gasteiger partial charge in [0.2, 0.25) is 7.83 Å². The van der Waals surface area contributed by atoms with Crippen molar-refractivity contribution < 1.29 is 9.16 Å². The van der Waals surface area contributed by atoms with Crippen molar-refractivity contribution >= 4 is 15.4 Å². The molecule has 1 unspecified atom stereocenters. The highest BCUT2D eigenvalue weighted by molar-refractivity contribution is 7.40. The Hall–Kier alpha value is 0.354. The molecule has 0 aromatic carbocycles. The van der Waals surface area contributed by atoms with E-state index in [0.29, 0.717) is 0 Å². The molecule has 0 rings (SSSR count). The summed E-state index contributed by atoms with van der Waals surface area (Å²) < 4.78 is 12.6. The zero-order valence-corrected chi connectivity index (χ0v) is 16.2. The van der Waals surface area contributed by atoms with E-state index in [2.05, 4.69) is 41.5 Å². The summed E-state index contributed by atoms with van der Waals surface area (Å²) in [6, 6.07) is 5.32. The van der Waals surface area contributed by atoms with Crippen LogP contribution in [-0.2, 0) is 9.16 Å². The second kappa shape index (κ2) is 10.1. The molecule has 0 saturated carbocycles. The Morgan fingerprint density at radius 1 is 0.684 bits per heavy atom. The van der Waals surface area contributed by atoms with E-state index in [0.717, 1.165) is 32.3 Å². The summed E-state index contributed by atoms with van der Waals surface area (Å²) >= 11 is 0. The first kappa shape index (κ1) is 19.4. The van der Waals surface area contributed by atoms with Crippen molar-refractivity contribution in [3.05, 3.63) is 0 Å². The van der Waals surface area contributed by atoms with Crippen LogP contribution in [0, 0.1) is 0 Å². The molecule has 0 heterocycles. The summed E-state index contributed by atoms with van der Waals surface area (Å²) in [4.78, 5) is 0. The molecule has 19 heavy (non-hydrogen) atoms. The van der Waals surface area contributed by atoms with E-state index in [1.165, 1.54) is 24.2 Å². The van der Waals surface area contributed by atoms with Crippen LogP contribution < -0.4 is 0 Å². The number of rotatable bonds is 12. The van der Waals surface area contributed by atoms with E-state index >= 15 is 0 Å². The van der Waals surface area contributed by atoms with Crippen molar-refractivity contribution in [3.63, 3.8) is 0 Å². The fourth-order valence-electron chi connectivity index (χ4n) is 3.32. The molecule has 0 N–H and O–H groups in total. The first-order chi connectivity index (χ1) is 9.11. The first-order valence-corrected chi connectivity index (χ1v) is 14.3. The Balaban J connectivity index is 5.15. The molecule has 1 atom stereocenters. The van der Waals surface area contributed by atoms with Crippen molar-refractivity contribution in [2.24, 2.45) is 0 Å². The lowest BCUT2D eigenvalue weighted by Crippen LogP contribution is -2.66. The molecule has 0 fully saturated rings. The minimum atomic E-state index is -1.69. The smallest absolute Gasteiger partial charge is 0.204 e. The van der Waals surface area contributed by atoms with Gasteiger partial charge in [-0.25, -0.2) is 0 Å². The monoisotopic (exact) mass is 304 g/mol. The summed E-state index contributed by atoms with van der Waals surface area (Å²) in [6.07, 6.45) is 3.18. The lowest BCUT2D eigenvalue weighted by Gasteiger charge is -2.45. The summed E-state index contributed by atoms with van der Waals surface area (Å²) in [5.74, 6) is 0. The second-order valence-electron chi connectivity index (χ2n) is 5.59. The van der Waals surface area contributed by atoms with Crippen LogP contribution >= 0.6 is 0 Å². The molecule has 0 aromatic rings. The highest BCUT2D eigenvalue weighted by Crippen LogP contribution is 2.35. The van der Waals surface area contributed by atoms with Crippen LogP contribution in [0.4, 0.5) is 0 Å². The van der Waals surface area contributed by atoms with Crippen LogP contribution in [-0.4, -0.2) is 34.9 Å². The third kappa shape index (κ3) is 4.69. The number of hydrogen-bond acceptors (Lipinski definition) is 2. The lowest BCUT2D eigenvalue weighted by molar-refractivity contribution is 0.155. The van der Waals surface area contributed by atoms with Gasteiger partial charge >= 0.3 is 0 Å². The van der Waals surface area contributed by atoms with Gasteiger partial charge in [-0.2, -0.15) is 0 Å². The molecule has 0 aliphatic heterocycles. The van der Waals surface area contributed by atoms with Crippen LogP contribution in [0.15, 0.2) is 0 Å². The fraction of sp³-hybridized carbons (Fsp3) is 1.00. The van der Waals surface area contributed by atoms with Gasteiger partial charge in [-0.3, -0.25) is 0 Å². The van der Waals surface area contributed by atoms with Gasteiger partial charge in [-0.15, -0.1) is 0 Å². The van der Waals surface area contributed by atoms with E-state index in [-0.39, 0.29) is 0 Å². The highest BCUT2D eigenvalue weighted by atomic mass is 29.3. The van der Waals surface area contributed by atoms with Gasteiger partial charge in [-0.05, 0) is 18.9 Å². The van der Waals surface area contributed by atoms with E-state index in [9.17, 15) is 0 Å². The number of hydrogen-bond donors (Lipinski definition) is 0. The molecule has 0 aliphatic rings. The van der Waals surface area contributed by atoms with Crippen LogP contribution in [0.2, 0.25) is 24.2 Å². The Morgan fingerprint density at radius 2 is 1.21 bits per heavy atom. The van der Waals surface area contributed by atoms with E-state index in [1.54, 1.807) is 0 Å². The molecule has 0 aliphatic carbocycles. The van der Waals surface area contributed by atoms with E-state index in [1.807, 2.05) is 0 Å². The molecule has 0 amide bonds. The largest absolute Gasteiger partial charge is 0.417 e. The van der Waals surface area contributed by atoms with E-state index in [4.69, 9.17) is 9.16 Å². The molecule has 4 heteroatoms. The standard InChI is InChI=1S/C15H36O2Si2/c1-7-13-16-15-19(12-6,17-14-8-2)18(9-3,10-4)11-5/h7-15H2,1-6H3.